The SMILES string of the molecule is CN(CCC(=O)N1CCN(c2ncc(C(F)(F)F)cn2)CC1)[C@@H]1CCc2c1n[nH]c(=O)c2C(F)(F)F. The first-order chi connectivity index (χ1) is 16.9. The summed E-state index contributed by atoms with van der Waals surface area (Å²) in [5.41, 5.74) is -3.35. The van der Waals surface area contributed by atoms with Crippen molar-refractivity contribution in [1.29, 1.82) is 0 Å². The van der Waals surface area contributed by atoms with Crippen molar-refractivity contribution >= 4 is 11.9 Å². The lowest BCUT2D eigenvalue weighted by molar-refractivity contribution is -0.139. The van der Waals surface area contributed by atoms with Crippen LogP contribution in [0.15, 0.2) is 17.2 Å². The van der Waals surface area contributed by atoms with Crippen molar-refractivity contribution in [2.45, 2.75) is 37.7 Å². The number of H-pyrrole nitrogens is 1. The normalized spacial score (nSPS) is 18.6. The molecule has 0 spiro atoms. The Kier molecular flexibility index (Phi) is 6.94. The largest absolute Gasteiger partial charge is 0.422 e. The molecule has 0 bridgehead atoms. The number of rotatable bonds is 5. The van der Waals surface area contributed by atoms with E-state index in [1.54, 1.807) is 21.7 Å². The Morgan fingerprint density at radius 1 is 1.08 bits per heavy atom. The molecule has 1 N–H and O–H groups in total. The zero-order valence-electron chi connectivity index (χ0n) is 19.2. The Bertz CT molecular complexity index is 1160. The minimum Gasteiger partial charge on any atom is -0.339 e. The topological polar surface area (TPSA) is 98.3 Å². The van der Waals surface area contributed by atoms with Gasteiger partial charge in [-0.1, -0.05) is 0 Å². The van der Waals surface area contributed by atoms with Gasteiger partial charge in [0.1, 0.15) is 5.56 Å². The van der Waals surface area contributed by atoms with Crippen LogP contribution in [-0.2, 0) is 23.6 Å². The molecule has 4 rings (SSSR count). The lowest BCUT2D eigenvalue weighted by Gasteiger charge is -2.35. The summed E-state index contributed by atoms with van der Waals surface area (Å²) in [7, 11) is 1.69. The number of nitrogens with zero attached hydrogens (tertiary/aromatic N) is 6. The number of fused-ring (bicyclic) bond motifs is 1. The van der Waals surface area contributed by atoms with Crippen LogP contribution in [0.25, 0.3) is 0 Å². The van der Waals surface area contributed by atoms with Crippen molar-refractivity contribution in [3.63, 3.8) is 0 Å². The van der Waals surface area contributed by atoms with E-state index in [0.29, 0.717) is 32.6 Å². The second-order valence-electron chi connectivity index (χ2n) is 8.71. The molecule has 0 aromatic carbocycles. The predicted molar refractivity (Wildman–Crippen MR) is 114 cm³/mol. The summed E-state index contributed by atoms with van der Waals surface area (Å²) in [6, 6.07) is -0.459. The molecule has 1 fully saturated rings. The fraction of sp³-hybridized carbons (Fsp3) is 0.571. The van der Waals surface area contributed by atoms with Crippen molar-refractivity contribution < 1.29 is 31.1 Å². The van der Waals surface area contributed by atoms with Crippen LogP contribution in [0.1, 0.15) is 41.3 Å². The van der Waals surface area contributed by atoms with Gasteiger partial charge in [-0.05, 0) is 25.5 Å². The van der Waals surface area contributed by atoms with Crippen LogP contribution < -0.4 is 10.5 Å². The molecule has 9 nitrogen and oxygen atoms in total. The van der Waals surface area contributed by atoms with E-state index >= 15 is 0 Å². The van der Waals surface area contributed by atoms with Gasteiger partial charge in [-0.15, -0.1) is 0 Å². The first kappa shape index (κ1) is 25.9. The van der Waals surface area contributed by atoms with E-state index in [1.807, 2.05) is 5.10 Å². The van der Waals surface area contributed by atoms with Gasteiger partial charge in [-0.3, -0.25) is 14.5 Å². The molecule has 0 saturated carbocycles. The quantitative estimate of drug-likeness (QED) is 0.606. The van der Waals surface area contributed by atoms with Crippen LogP contribution in [-0.4, -0.2) is 75.6 Å². The highest BCUT2D eigenvalue weighted by atomic mass is 19.4. The van der Waals surface area contributed by atoms with Crippen molar-refractivity contribution in [2.75, 3.05) is 44.7 Å². The highest BCUT2D eigenvalue weighted by Crippen LogP contribution is 2.39. The van der Waals surface area contributed by atoms with E-state index in [1.165, 1.54) is 0 Å². The van der Waals surface area contributed by atoms with Crippen LogP contribution >= 0.6 is 0 Å². The molecule has 1 atom stereocenters. The molecule has 36 heavy (non-hydrogen) atoms. The van der Waals surface area contributed by atoms with E-state index in [9.17, 15) is 35.9 Å². The lowest BCUT2D eigenvalue weighted by atomic mass is 10.1. The zero-order chi connectivity index (χ0) is 26.3. The molecule has 3 heterocycles. The fourth-order valence-corrected chi connectivity index (χ4v) is 4.55. The second kappa shape index (κ2) is 9.67. The maximum Gasteiger partial charge on any atom is 0.422 e. The number of halogens is 6. The summed E-state index contributed by atoms with van der Waals surface area (Å²) >= 11 is 0. The van der Waals surface area contributed by atoms with Gasteiger partial charge in [-0.25, -0.2) is 15.1 Å². The molecule has 196 valence electrons. The number of nitrogens with one attached hydrogen (secondary N) is 1. The van der Waals surface area contributed by atoms with E-state index < -0.39 is 35.1 Å². The Hall–Kier alpha value is -3.23. The maximum absolute atomic E-state index is 13.3. The number of aromatic nitrogens is 4. The van der Waals surface area contributed by atoms with E-state index in [4.69, 9.17) is 0 Å². The summed E-state index contributed by atoms with van der Waals surface area (Å²) in [6.45, 7) is 1.63. The molecule has 15 heteroatoms. The fourth-order valence-electron chi connectivity index (χ4n) is 4.55. The minimum absolute atomic E-state index is 0.0675. The molecule has 2 aromatic heterocycles. The van der Waals surface area contributed by atoms with E-state index in [2.05, 4.69) is 15.1 Å². The van der Waals surface area contributed by atoms with Crippen LogP contribution in [0.3, 0.4) is 0 Å². The molecule has 2 aromatic rings. The third kappa shape index (κ3) is 5.29. The Labute approximate surface area is 201 Å². The molecule has 1 aliphatic heterocycles. The number of carbonyl (C=O) groups excluding carboxylic acids is 1. The number of piperazine rings is 1. The van der Waals surface area contributed by atoms with Crippen LogP contribution in [0.5, 0.6) is 0 Å². The maximum atomic E-state index is 13.3. The molecule has 0 radical (unpaired) electrons. The third-order valence-corrected chi connectivity index (χ3v) is 6.47. The predicted octanol–water partition coefficient (Wildman–Crippen LogP) is 2.26. The van der Waals surface area contributed by atoms with Gasteiger partial charge in [0.2, 0.25) is 11.9 Å². The van der Waals surface area contributed by atoms with Crippen molar-refractivity contribution in [3.05, 3.63) is 45.1 Å². The van der Waals surface area contributed by atoms with Gasteiger partial charge in [0.25, 0.3) is 5.56 Å². The molecular formula is C21H23F6N7O2. The third-order valence-electron chi connectivity index (χ3n) is 6.47. The van der Waals surface area contributed by atoms with Gasteiger partial charge in [0, 0.05) is 51.5 Å². The summed E-state index contributed by atoms with van der Waals surface area (Å²) in [5.74, 6) is -0.00281. The van der Waals surface area contributed by atoms with Gasteiger partial charge in [-0.2, -0.15) is 31.4 Å². The number of hydrogen-bond acceptors (Lipinski definition) is 7. The van der Waals surface area contributed by atoms with E-state index in [-0.39, 0.29) is 42.5 Å². The number of anilines is 1. The highest BCUT2D eigenvalue weighted by Gasteiger charge is 2.42. The number of aromatic amines is 1. The van der Waals surface area contributed by atoms with Gasteiger partial charge in [0.05, 0.1) is 17.3 Å². The average Bonchev–Trinajstić information content (AvgIpc) is 3.25. The average molecular weight is 519 g/mol. The zero-order valence-corrected chi connectivity index (χ0v) is 19.2. The van der Waals surface area contributed by atoms with Gasteiger partial charge >= 0.3 is 12.4 Å². The number of alkyl halides is 6. The second-order valence-corrected chi connectivity index (χ2v) is 8.71. The van der Waals surface area contributed by atoms with Gasteiger partial charge in [0.15, 0.2) is 0 Å². The van der Waals surface area contributed by atoms with Crippen molar-refractivity contribution in [1.82, 2.24) is 30.0 Å². The molecule has 2 aliphatic rings. The first-order valence-corrected chi connectivity index (χ1v) is 11.2. The Morgan fingerprint density at radius 2 is 1.72 bits per heavy atom. The Balaban J connectivity index is 1.30. The van der Waals surface area contributed by atoms with Crippen molar-refractivity contribution in [3.8, 4) is 0 Å². The van der Waals surface area contributed by atoms with Crippen molar-refractivity contribution in [2.24, 2.45) is 0 Å². The monoisotopic (exact) mass is 519 g/mol. The Morgan fingerprint density at radius 3 is 2.31 bits per heavy atom. The van der Waals surface area contributed by atoms with E-state index in [0.717, 1.165) is 12.4 Å². The molecule has 0 unspecified atom stereocenters. The standard InChI is InChI=1S/C21H23F6N7O2/c1-32(14-3-2-13-16(21(25,26)27)18(36)31-30-17(13)14)5-4-15(35)33-6-8-34(9-7-33)19-28-10-12(11-29-19)20(22,23)24/h10-11,14H,2-9H2,1H3,(H,31,36)/t14-/m1/s1. The van der Waals surface area contributed by atoms with Crippen LogP contribution in [0.4, 0.5) is 32.3 Å². The molecule has 1 aliphatic carbocycles. The number of amides is 1. The number of hydrogen-bond donors (Lipinski definition) is 1. The minimum atomic E-state index is -4.78. The molecule has 1 saturated heterocycles. The smallest absolute Gasteiger partial charge is 0.339 e. The summed E-state index contributed by atoms with van der Waals surface area (Å²) in [5, 5.41) is 5.79. The van der Waals surface area contributed by atoms with Gasteiger partial charge < -0.3 is 9.80 Å². The lowest BCUT2D eigenvalue weighted by Crippen LogP contribution is -2.49. The molecular weight excluding hydrogens is 496 g/mol. The first-order valence-electron chi connectivity index (χ1n) is 11.2. The number of carbonyl (C=O) groups is 1. The summed E-state index contributed by atoms with van der Waals surface area (Å²) in [4.78, 5) is 37.0. The summed E-state index contributed by atoms with van der Waals surface area (Å²) in [6.07, 6.45) is -7.33. The van der Waals surface area contributed by atoms with Crippen LogP contribution in [0, 0.1) is 0 Å². The van der Waals surface area contributed by atoms with Crippen LogP contribution in [0.2, 0.25) is 0 Å². The highest BCUT2D eigenvalue weighted by molar-refractivity contribution is 5.76. The summed E-state index contributed by atoms with van der Waals surface area (Å²) < 4.78 is 78.0. The molecule has 1 amide bonds.